The van der Waals surface area contributed by atoms with Gasteiger partial charge in [0, 0.05) is 18.7 Å². The average molecular weight is 323 g/mol. The van der Waals surface area contributed by atoms with E-state index in [0.29, 0.717) is 29.7 Å². The predicted molar refractivity (Wildman–Crippen MR) is 91.5 cm³/mol. The third-order valence-electron chi connectivity index (χ3n) is 3.70. The first kappa shape index (κ1) is 15.8. The Morgan fingerprint density at radius 3 is 2.67 bits per heavy atom. The minimum absolute atomic E-state index is 0.00573. The quantitative estimate of drug-likeness (QED) is 0.784. The second-order valence-corrected chi connectivity index (χ2v) is 5.33. The van der Waals surface area contributed by atoms with Crippen molar-refractivity contribution in [2.45, 2.75) is 6.42 Å². The Kier molecular flexibility index (Phi) is 4.61. The highest BCUT2D eigenvalue weighted by Crippen LogP contribution is 2.19. The molecule has 0 aliphatic carbocycles. The Morgan fingerprint density at radius 1 is 1.12 bits per heavy atom. The van der Waals surface area contributed by atoms with E-state index in [1.807, 2.05) is 30.3 Å². The lowest BCUT2D eigenvalue weighted by molar-refractivity contribution is 0.0927. The number of methoxy groups -OCH3 is 1. The number of carbonyl (C=O) groups is 1. The summed E-state index contributed by atoms with van der Waals surface area (Å²) in [5, 5.41) is 3.18. The van der Waals surface area contributed by atoms with Gasteiger partial charge in [-0.15, -0.1) is 0 Å². The molecule has 24 heavy (non-hydrogen) atoms. The Morgan fingerprint density at radius 2 is 1.92 bits per heavy atom. The van der Waals surface area contributed by atoms with Gasteiger partial charge in [0.2, 0.25) is 0 Å². The summed E-state index contributed by atoms with van der Waals surface area (Å²) in [7, 11) is 1.53. The van der Waals surface area contributed by atoms with Crippen molar-refractivity contribution in [3.05, 3.63) is 76.1 Å². The molecular formula is C19H17NO4. The lowest BCUT2D eigenvalue weighted by Gasteiger charge is -2.06. The highest BCUT2D eigenvalue weighted by atomic mass is 16.5. The molecule has 3 aromatic rings. The average Bonchev–Trinajstić information content (AvgIpc) is 2.62. The molecule has 3 rings (SSSR count). The van der Waals surface area contributed by atoms with Crippen LogP contribution in [0.15, 0.2) is 63.8 Å². The number of amides is 1. The van der Waals surface area contributed by atoms with Crippen LogP contribution in [-0.4, -0.2) is 19.6 Å². The van der Waals surface area contributed by atoms with Gasteiger partial charge in [-0.3, -0.25) is 9.59 Å². The number of rotatable bonds is 5. The highest BCUT2D eigenvalue weighted by Gasteiger charge is 2.12. The molecule has 0 fully saturated rings. The third kappa shape index (κ3) is 3.46. The summed E-state index contributed by atoms with van der Waals surface area (Å²) in [5.41, 5.74) is 1.20. The molecule has 0 unspecified atom stereocenters. The molecule has 5 nitrogen and oxygen atoms in total. The zero-order valence-corrected chi connectivity index (χ0v) is 13.2. The number of benzene rings is 2. The Bertz CT molecular complexity index is 916. The number of carbonyl (C=O) groups excluding carboxylic acids is 1. The van der Waals surface area contributed by atoms with Crippen molar-refractivity contribution in [3.63, 3.8) is 0 Å². The monoisotopic (exact) mass is 323 g/mol. The van der Waals surface area contributed by atoms with Gasteiger partial charge in [0.1, 0.15) is 11.3 Å². The van der Waals surface area contributed by atoms with Crippen LogP contribution < -0.4 is 15.5 Å². The standard InChI is InChI=1S/C19H17NO4/c1-23-14-7-8-15-16(21)12-18(24-17(15)11-14)19(22)20-10-9-13-5-3-2-4-6-13/h2-8,11-12H,9-10H2,1H3,(H,20,22). The van der Waals surface area contributed by atoms with E-state index in [9.17, 15) is 9.59 Å². The SMILES string of the molecule is COc1ccc2c(=O)cc(C(=O)NCCc3ccccc3)oc2c1. The Balaban J connectivity index is 1.75. The number of hydrogen-bond acceptors (Lipinski definition) is 4. The van der Waals surface area contributed by atoms with Crippen LogP contribution in [0.1, 0.15) is 16.1 Å². The first-order valence-corrected chi connectivity index (χ1v) is 7.61. The van der Waals surface area contributed by atoms with E-state index in [0.717, 1.165) is 5.56 Å². The molecule has 0 saturated carbocycles. The van der Waals surface area contributed by atoms with Crippen molar-refractivity contribution >= 4 is 16.9 Å². The van der Waals surface area contributed by atoms with Crippen LogP contribution in [0.4, 0.5) is 0 Å². The molecule has 0 aliphatic rings. The lowest BCUT2D eigenvalue weighted by atomic mass is 10.1. The van der Waals surface area contributed by atoms with E-state index in [4.69, 9.17) is 9.15 Å². The molecule has 5 heteroatoms. The van der Waals surface area contributed by atoms with Gasteiger partial charge in [-0.1, -0.05) is 30.3 Å². The molecule has 0 spiro atoms. The minimum Gasteiger partial charge on any atom is -0.497 e. The summed E-state index contributed by atoms with van der Waals surface area (Å²) in [6, 6.07) is 15.9. The summed E-state index contributed by atoms with van der Waals surface area (Å²) in [6.07, 6.45) is 0.707. The third-order valence-corrected chi connectivity index (χ3v) is 3.70. The molecular weight excluding hydrogens is 306 g/mol. The van der Waals surface area contributed by atoms with E-state index < -0.39 is 5.91 Å². The smallest absolute Gasteiger partial charge is 0.287 e. The van der Waals surface area contributed by atoms with Crippen LogP contribution in [0.2, 0.25) is 0 Å². The number of hydrogen-bond donors (Lipinski definition) is 1. The van der Waals surface area contributed by atoms with Crippen molar-refractivity contribution in [3.8, 4) is 5.75 Å². The van der Waals surface area contributed by atoms with Crippen LogP contribution >= 0.6 is 0 Å². The summed E-state index contributed by atoms with van der Waals surface area (Å²) in [5.74, 6) is 0.147. The molecule has 0 bridgehead atoms. The predicted octanol–water partition coefficient (Wildman–Crippen LogP) is 2.77. The molecule has 1 N–H and O–H groups in total. The number of nitrogens with one attached hydrogen (secondary N) is 1. The van der Waals surface area contributed by atoms with E-state index in [1.165, 1.54) is 13.2 Å². The van der Waals surface area contributed by atoms with E-state index in [-0.39, 0.29) is 11.2 Å². The van der Waals surface area contributed by atoms with Crippen LogP contribution in [0.3, 0.4) is 0 Å². The van der Waals surface area contributed by atoms with Gasteiger partial charge in [-0.2, -0.15) is 0 Å². The molecule has 0 saturated heterocycles. The van der Waals surface area contributed by atoms with Gasteiger partial charge in [0.15, 0.2) is 11.2 Å². The van der Waals surface area contributed by atoms with Crippen LogP contribution in [0.25, 0.3) is 11.0 Å². The van der Waals surface area contributed by atoms with Gasteiger partial charge in [0.05, 0.1) is 12.5 Å². The molecule has 1 aromatic heterocycles. The molecule has 1 amide bonds. The van der Waals surface area contributed by atoms with Crippen molar-refractivity contribution in [1.29, 1.82) is 0 Å². The maximum Gasteiger partial charge on any atom is 0.287 e. The minimum atomic E-state index is -0.409. The Labute approximate surface area is 138 Å². The van der Waals surface area contributed by atoms with Crippen molar-refractivity contribution < 1.29 is 13.9 Å². The molecule has 2 aromatic carbocycles. The van der Waals surface area contributed by atoms with Gasteiger partial charge in [0.25, 0.3) is 5.91 Å². The second kappa shape index (κ2) is 7.00. The number of ether oxygens (including phenoxy) is 1. The maximum atomic E-state index is 12.2. The fourth-order valence-corrected chi connectivity index (χ4v) is 2.43. The van der Waals surface area contributed by atoms with E-state index in [2.05, 4.69) is 5.32 Å². The zero-order valence-electron chi connectivity index (χ0n) is 13.2. The van der Waals surface area contributed by atoms with Crippen LogP contribution in [0.5, 0.6) is 5.75 Å². The fourth-order valence-electron chi connectivity index (χ4n) is 2.43. The largest absolute Gasteiger partial charge is 0.497 e. The van der Waals surface area contributed by atoms with Gasteiger partial charge >= 0.3 is 0 Å². The van der Waals surface area contributed by atoms with E-state index in [1.54, 1.807) is 18.2 Å². The Hall–Kier alpha value is -3.08. The maximum absolute atomic E-state index is 12.2. The van der Waals surface area contributed by atoms with Crippen molar-refractivity contribution in [2.75, 3.05) is 13.7 Å². The van der Waals surface area contributed by atoms with Crippen molar-refractivity contribution in [1.82, 2.24) is 5.32 Å². The molecule has 0 aliphatic heterocycles. The topological polar surface area (TPSA) is 68.5 Å². The first-order valence-electron chi connectivity index (χ1n) is 7.61. The van der Waals surface area contributed by atoms with E-state index >= 15 is 0 Å². The van der Waals surface area contributed by atoms with Crippen molar-refractivity contribution in [2.24, 2.45) is 0 Å². The molecule has 1 heterocycles. The van der Waals surface area contributed by atoms with Crippen LogP contribution in [-0.2, 0) is 6.42 Å². The lowest BCUT2D eigenvalue weighted by Crippen LogP contribution is -2.26. The van der Waals surface area contributed by atoms with Gasteiger partial charge in [-0.25, -0.2) is 0 Å². The zero-order chi connectivity index (χ0) is 16.9. The highest BCUT2D eigenvalue weighted by molar-refractivity contribution is 5.93. The van der Waals surface area contributed by atoms with Gasteiger partial charge in [-0.05, 0) is 24.1 Å². The molecule has 122 valence electrons. The summed E-state index contributed by atoms with van der Waals surface area (Å²) in [6.45, 7) is 0.461. The summed E-state index contributed by atoms with van der Waals surface area (Å²) in [4.78, 5) is 24.3. The molecule has 0 radical (unpaired) electrons. The summed E-state index contributed by atoms with van der Waals surface area (Å²) < 4.78 is 10.7. The van der Waals surface area contributed by atoms with Crippen LogP contribution in [0, 0.1) is 0 Å². The first-order chi connectivity index (χ1) is 11.7. The molecule has 0 atom stereocenters. The fraction of sp³-hybridized carbons (Fsp3) is 0.158. The number of fused-ring (bicyclic) bond motifs is 1. The normalized spacial score (nSPS) is 10.5. The second-order valence-electron chi connectivity index (χ2n) is 5.33. The summed E-state index contributed by atoms with van der Waals surface area (Å²) >= 11 is 0. The van der Waals surface area contributed by atoms with Gasteiger partial charge < -0.3 is 14.5 Å².